The van der Waals surface area contributed by atoms with E-state index in [1.807, 2.05) is 19.1 Å². The summed E-state index contributed by atoms with van der Waals surface area (Å²) in [6.45, 7) is 6.21. The fourth-order valence-corrected chi connectivity index (χ4v) is 3.80. The molecule has 1 aromatic rings. The first kappa shape index (κ1) is 16.3. The first-order chi connectivity index (χ1) is 11.1. The number of hydrogen-bond acceptors (Lipinski definition) is 4. The zero-order valence-corrected chi connectivity index (χ0v) is 14.7. The Kier molecular flexibility index (Phi) is 4.64. The maximum atomic E-state index is 6.42. The number of hydrogen-bond donors (Lipinski definition) is 1. The van der Waals surface area contributed by atoms with Crippen LogP contribution in [0.5, 0.6) is 11.5 Å². The molecule has 3 rings (SSSR count). The standard InChI is InChI=1S/C17H24N2O3S/c1-4-21-14-8-5-7-12-13-11-17(2,22-15(12)14)19(16(23)18-13)9-6-10-20-3/h5,7-8,13H,4,6,9-11H2,1-3H3,(H,18,23)/t13-,17+/m0/s1. The molecule has 0 spiro atoms. The summed E-state index contributed by atoms with van der Waals surface area (Å²) in [5, 5.41) is 4.20. The van der Waals surface area contributed by atoms with Gasteiger partial charge in [0.25, 0.3) is 0 Å². The van der Waals surface area contributed by atoms with Crippen molar-refractivity contribution in [1.82, 2.24) is 10.2 Å². The Bertz CT molecular complexity index is 595. The van der Waals surface area contributed by atoms with E-state index >= 15 is 0 Å². The van der Waals surface area contributed by atoms with Gasteiger partial charge in [-0.1, -0.05) is 12.1 Å². The maximum absolute atomic E-state index is 6.42. The lowest BCUT2D eigenvalue weighted by atomic mass is 9.90. The van der Waals surface area contributed by atoms with E-state index in [0.29, 0.717) is 13.2 Å². The van der Waals surface area contributed by atoms with Crippen LogP contribution < -0.4 is 14.8 Å². The lowest BCUT2D eigenvalue weighted by Crippen LogP contribution is -2.64. The molecule has 2 atom stereocenters. The van der Waals surface area contributed by atoms with Gasteiger partial charge in [-0.2, -0.15) is 0 Å². The van der Waals surface area contributed by atoms with Crippen LogP contribution in [0, 0.1) is 0 Å². The molecule has 1 saturated heterocycles. The van der Waals surface area contributed by atoms with Crippen LogP contribution in [0.15, 0.2) is 18.2 Å². The molecule has 0 unspecified atom stereocenters. The summed E-state index contributed by atoms with van der Waals surface area (Å²) < 4.78 is 17.3. The molecule has 2 aliphatic rings. The number of thiocarbonyl (C=S) groups is 1. The number of methoxy groups -OCH3 is 1. The smallest absolute Gasteiger partial charge is 0.184 e. The fraction of sp³-hybridized carbons (Fsp3) is 0.588. The van der Waals surface area contributed by atoms with E-state index in [0.717, 1.165) is 41.6 Å². The lowest BCUT2D eigenvalue weighted by molar-refractivity contribution is -0.0715. The van der Waals surface area contributed by atoms with E-state index in [2.05, 4.69) is 23.2 Å². The predicted molar refractivity (Wildman–Crippen MR) is 92.9 cm³/mol. The normalized spacial score (nSPS) is 25.4. The Labute approximate surface area is 142 Å². The second-order valence-corrected chi connectivity index (χ2v) is 6.48. The largest absolute Gasteiger partial charge is 0.490 e. The van der Waals surface area contributed by atoms with Crippen LogP contribution in [-0.4, -0.2) is 42.6 Å². The summed E-state index contributed by atoms with van der Waals surface area (Å²) in [5.74, 6) is 1.63. The second-order valence-electron chi connectivity index (χ2n) is 6.09. The summed E-state index contributed by atoms with van der Waals surface area (Å²) >= 11 is 5.58. The van der Waals surface area contributed by atoms with E-state index in [9.17, 15) is 0 Å². The molecule has 2 heterocycles. The van der Waals surface area contributed by atoms with Crippen LogP contribution in [0.2, 0.25) is 0 Å². The molecular weight excluding hydrogens is 312 g/mol. The summed E-state index contributed by atoms with van der Waals surface area (Å²) in [6, 6.07) is 6.21. The van der Waals surface area contributed by atoms with Gasteiger partial charge in [-0.15, -0.1) is 0 Å². The van der Waals surface area contributed by atoms with Crippen molar-refractivity contribution in [2.24, 2.45) is 0 Å². The first-order valence-corrected chi connectivity index (χ1v) is 8.51. The number of nitrogens with zero attached hydrogens (tertiary/aromatic N) is 1. The van der Waals surface area contributed by atoms with Crippen molar-refractivity contribution in [2.75, 3.05) is 26.9 Å². The van der Waals surface area contributed by atoms with Gasteiger partial charge in [0.05, 0.1) is 12.6 Å². The van der Waals surface area contributed by atoms with Crippen LogP contribution in [0.1, 0.15) is 38.3 Å². The second kappa shape index (κ2) is 6.53. The number of rotatable bonds is 6. The van der Waals surface area contributed by atoms with Crippen molar-refractivity contribution in [1.29, 1.82) is 0 Å². The van der Waals surface area contributed by atoms with Crippen LogP contribution in [0.25, 0.3) is 0 Å². The monoisotopic (exact) mass is 336 g/mol. The third kappa shape index (κ3) is 2.97. The molecule has 0 saturated carbocycles. The van der Waals surface area contributed by atoms with Crippen molar-refractivity contribution in [2.45, 2.75) is 38.5 Å². The quantitative estimate of drug-likeness (QED) is 0.636. The van der Waals surface area contributed by atoms with Gasteiger partial charge in [0.1, 0.15) is 0 Å². The van der Waals surface area contributed by atoms with Gasteiger partial charge in [-0.3, -0.25) is 0 Å². The van der Waals surface area contributed by atoms with Crippen LogP contribution in [0.3, 0.4) is 0 Å². The van der Waals surface area contributed by atoms with Gasteiger partial charge < -0.3 is 24.4 Å². The molecule has 0 amide bonds. The van der Waals surface area contributed by atoms with Crippen LogP contribution >= 0.6 is 12.2 Å². The minimum Gasteiger partial charge on any atom is -0.490 e. The van der Waals surface area contributed by atoms with Gasteiger partial charge in [0, 0.05) is 32.2 Å². The van der Waals surface area contributed by atoms with E-state index in [1.54, 1.807) is 7.11 Å². The van der Waals surface area contributed by atoms with Gasteiger partial charge >= 0.3 is 0 Å². The Balaban J connectivity index is 1.91. The number of ether oxygens (including phenoxy) is 3. The molecular formula is C17H24N2O3S. The average Bonchev–Trinajstić information content (AvgIpc) is 2.51. The molecule has 126 valence electrons. The molecule has 6 heteroatoms. The molecule has 0 radical (unpaired) electrons. The fourth-order valence-electron chi connectivity index (χ4n) is 3.38. The molecule has 1 fully saturated rings. The Morgan fingerprint density at radius 1 is 1.48 bits per heavy atom. The third-order valence-corrected chi connectivity index (χ3v) is 4.77. The summed E-state index contributed by atoms with van der Waals surface area (Å²) in [7, 11) is 1.71. The van der Waals surface area contributed by atoms with Crippen LogP contribution in [0.4, 0.5) is 0 Å². The highest BCUT2D eigenvalue weighted by atomic mass is 32.1. The zero-order valence-electron chi connectivity index (χ0n) is 13.9. The SMILES string of the molecule is CCOc1cccc2c1O[C@]1(C)C[C@@H]2NC(=S)N1CCCOC. The topological polar surface area (TPSA) is 43.0 Å². The Morgan fingerprint density at radius 2 is 2.30 bits per heavy atom. The van der Waals surface area contributed by atoms with E-state index in [4.69, 9.17) is 26.4 Å². The van der Waals surface area contributed by atoms with E-state index in [-0.39, 0.29) is 6.04 Å². The van der Waals surface area contributed by atoms with Crippen molar-refractivity contribution in [3.8, 4) is 11.5 Å². The van der Waals surface area contributed by atoms with Crippen LogP contribution in [-0.2, 0) is 4.74 Å². The van der Waals surface area contributed by atoms with Crippen molar-refractivity contribution in [3.63, 3.8) is 0 Å². The van der Waals surface area contributed by atoms with Gasteiger partial charge in [0.15, 0.2) is 22.3 Å². The maximum Gasteiger partial charge on any atom is 0.184 e. The van der Waals surface area contributed by atoms with Gasteiger partial charge in [0.2, 0.25) is 0 Å². The minimum absolute atomic E-state index is 0.162. The minimum atomic E-state index is -0.457. The third-order valence-electron chi connectivity index (χ3n) is 4.43. The molecule has 2 aliphatic heterocycles. The predicted octanol–water partition coefficient (Wildman–Crippen LogP) is 2.85. The van der Waals surface area contributed by atoms with Gasteiger partial charge in [-0.05, 0) is 38.6 Å². The van der Waals surface area contributed by atoms with E-state index in [1.165, 1.54) is 0 Å². The molecule has 0 aromatic heterocycles. The highest BCUT2D eigenvalue weighted by Gasteiger charge is 2.48. The Hall–Kier alpha value is -1.53. The van der Waals surface area contributed by atoms with Crippen molar-refractivity contribution >= 4 is 17.3 Å². The van der Waals surface area contributed by atoms with E-state index < -0.39 is 5.72 Å². The molecule has 1 N–H and O–H groups in total. The average molecular weight is 336 g/mol. The number of para-hydroxylation sites is 1. The highest BCUT2D eigenvalue weighted by Crippen LogP contribution is 2.48. The van der Waals surface area contributed by atoms with Crippen molar-refractivity contribution in [3.05, 3.63) is 23.8 Å². The van der Waals surface area contributed by atoms with Crippen molar-refractivity contribution < 1.29 is 14.2 Å². The number of nitrogens with one attached hydrogen (secondary N) is 1. The van der Waals surface area contributed by atoms with Gasteiger partial charge in [-0.25, -0.2) is 0 Å². The molecule has 5 nitrogen and oxygen atoms in total. The number of benzene rings is 1. The molecule has 1 aromatic carbocycles. The summed E-state index contributed by atoms with van der Waals surface area (Å²) in [4.78, 5) is 2.13. The lowest BCUT2D eigenvalue weighted by Gasteiger charge is -2.52. The molecule has 23 heavy (non-hydrogen) atoms. The summed E-state index contributed by atoms with van der Waals surface area (Å²) in [5.41, 5.74) is 0.660. The summed E-state index contributed by atoms with van der Waals surface area (Å²) in [6.07, 6.45) is 1.75. The highest BCUT2D eigenvalue weighted by molar-refractivity contribution is 7.80. The molecule has 0 aliphatic carbocycles. The molecule has 2 bridgehead atoms. The zero-order chi connectivity index (χ0) is 16.4. The number of fused-ring (bicyclic) bond motifs is 4. The first-order valence-electron chi connectivity index (χ1n) is 8.11. The Morgan fingerprint density at radius 3 is 3.04 bits per heavy atom.